The molecule has 1 aliphatic carbocycles. The molecule has 0 radical (unpaired) electrons. The minimum absolute atomic E-state index is 0.0542. The van der Waals surface area contributed by atoms with Gasteiger partial charge in [0.05, 0.1) is 30.9 Å². The highest BCUT2D eigenvalue weighted by molar-refractivity contribution is 5.01. The number of ether oxygens (including phenoxy) is 4. The fourth-order valence-corrected chi connectivity index (χ4v) is 4.43. The SMILES string of the molecule is NC[C@H]1O[C@H](O[C@H]2[C@H](O)[C@@H](O[C@H]3O[C@H](CO)[C@@H](O)[C@@H](N)[C@H]3O)[C@@H](N)C[C@@H]2N)[C@H](N)C[C@@H]1O. The van der Waals surface area contributed by atoms with Gasteiger partial charge in [0.2, 0.25) is 0 Å². The van der Waals surface area contributed by atoms with Gasteiger partial charge in [-0.1, -0.05) is 0 Å². The third-order valence-corrected chi connectivity index (χ3v) is 6.41. The molecule has 188 valence electrons. The van der Waals surface area contributed by atoms with E-state index in [1.165, 1.54) is 0 Å². The maximum atomic E-state index is 11.0. The van der Waals surface area contributed by atoms with Crippen molar-refractivity contribution < 1.29 is 44.5 Å². The van der Waals surface area contributed by atoms with Gasteiger partial charge in [0.25, 0.3) is 0 Å². The van der Waals surface area contributed by atoms with Crippen LogP contribution in [0, 0.1) is 0 Å². The maximum absolute atomic E-state index is 11.0. The number of nitrogens with two attached hydrogens (primary N) is 5. The van der Waals surface area contributed by atoms with E-state index in [4.69, 9.17) is 47.6 Å². The molecule has 2 saturated heterocycles. The van der Waals surface area contributed by atoms with Crippen LogP contribution in [0.15, 0.2) is 0 Å². The summed E-state index contributed by atoms with van der Waals surface area (Å²) in [6.07, 6.45) is -10.8. The van der Waals surface area contributed by atoms with Crippen molar-refractivity contribution in [3.05, 3.63) is 0 Å². The first-order valence-corrected chi connectivity index (χ1v) is 10.8. The first-order valence-electron chi connectivity index (χ1n) is 10.8. The Balaban J connectivity index is 1.70. The van der Waals surface area contributed by atoms with Gasteiger partial charge in [-0.25, -0.2) is 0 Å². The van der Waals surface area contributed by atoms with Gasteiger partial charge in [-0.05, 0) is 12.8 Å². The third kappa shape index (κ3) is 5.24. The molecule has 2 aliphatic heterocycles. The summed E-state index contributed by atoms with van der Waals surface area (Å²) in [4.78, 5) is 0. The molecule has 14 atom stereocenters. The molecule has 0 aromatic heterocycles. The molecule has 0 aromatic carbocycles. The molecule has 14 heteroatoms. The van der Waals surface area contributed by atoms with E-state index in [9.17, 15) is 25.5 Å². The summed E-state index contributed by atoms with van der Waals surface area (Å²) in [7, 11) is 0. The van der Waals surface area contributed by atoms with Crippen molar-refractivity contribution in [1.82, 2.24) is 0 Å². The first kappa shape index (κ1) is 26.1. The van der Waals surface area contributed by atoms with Crippen LogP contribution in [0.5, 0.6) is 0 Å². The highest BCUT2D eigenvalue weighted by Crippen LogP contribution is 2.30. The zero-order valence-corrected chi connectivity index (χ0v) is 17.7. The minimum Gasteiger partial charge on any atom is -0.394 e. The molecule has 0 aromatic rings. The molecule has 3 fully saturated rings. The quantitative estimate of drug-likeness (QED) is 0.174. The molecule has 0 amide bonds. The Morgan fingerprint density at radius 2 is 1.28 bits per heavy atom. The summed E-state index contributed by atoms with van der Waals surface area (Å²) >= 11 is 0. The molecule has 2 heterocycles. The molecule has 3 rings (SSSR count). The van der Waals surface area contributed by atoms with Crippen LogP contribution in [0.2, 0.25) is 0 Å². The van der Waals surface area contributed by atoms with Crippen LogP contribution in [0.1, 0.15) is 12.8 Å². The van der Waals surface area contributed by atoms with E-state index in [1.54, 1.807) is 0 Å². The van der Waals surface area contributed by atoms with Crippen LogP contribution >= 0.6 is 0 Å². The van der Waals surface area contributed by atoms with Gasteiger partial charge in [0.1, 0.15) is 36.6 Å². The van der Waals surface area contributed by atoms with Gasteiger partial charge in [-0.2, -0.15) is 0 Å². The molecule has 32 heavy (non-hydrogen) atoms. The van der Waals surface area contributed by atoms with Crippen molar-refractivity contribution in [2.45, 2.75) is 98.4 Å². The van der Waals surface area contributed by atoms with E-state index in [0.29, 0.717) is 0 Å². The Labute approximate surface area is 185 Å². The van der Waals surface area contributed by atoms with E-state index in [2.05, 4.69) is 0 Å². The maximum Gasteiger partial charge on any atom is 0.186 e. The fourth-order valence-electron chi connectivity index (χ4n) is 4.43. The highest BCUT2D eigenvalue weighted by Gasteiger charge is 2.50. The van der Waals surface area contributed by atoms with E-state index in [1.807, 2.05) is 0 Å². The molecule has 1 saturated carbocycles. The van der Waals surface area contributed by atoms with Gasteiger partial charge in [-0.15, -0.1) is 0 Å². The number of rotatable bonds is 6. The van der Waals surface area contributed by atoms with Crippen molar-refractivity contribution in [1.29, 1.82) is 0 Å². The lowest BCUT2D eigenvalue weighted by Crippen LogP contribution is -2.68. The zero-order chi connectivity index (χ0) is 23.7. The highest BCUT2D eigenvalue weighted by atomic mass is 16.7. The summed E-state index contributed by atoms with van der Waals surface area (Å²) < 4.78 is 22.7. The molecular formula is C18H37N5O9. The van der Waals surface area contributed by atoms with E-state index < -0.39 is 92.2 Å². The monoisotopic (exact) mass is 467 g/mol. The minimum atomic E-state index is -1.44. The predicted octanol–water partition coefficient (Wildman–Crippen LogP) is -6.30. The average Bonchev–Trinajstić information content (AvgIpc) is 2.75. The number of hydrogen-bond acceptors (Lipinski definition) is 14. The lowest BCUT2D eigenvalue weighted by Gasteiger charge is -2.47. The Morgan fingerprint density at radius 3 is 1.84 bits per heavy atom. The molecule has 0 unspecified atom stereocenters. The Bertz CT molecular complexity index is 607. The van der Waals surface area contributed by atoms with Crippen LogP contribution in [0.4, 0.5) is 0 Å². The van der Waals surface area contributed by atoms with Crippen LogP contribution < -0.4 is 28.7 Å². The van der Waals surface area contributed by atoms with Crippen molar-refractivity contribution >= 4 is 0 Å². The standard InChI is InChI=1S/C18H37N5O9/c19-3-9-8(25)2-7(22)17(29-9)31-15-5(20)1-6(21)16(14(15)28)32-18-13(27)11(23)12(26)10(4-24)30-18/h5-18,24-28H,1-4,19-23H2/t5-,6-,7+,8-,9+,10+,11+,12+,13+,14-,15+,16-,17+,18+/m0/s1. The second kappa shape index (κ2) is 10.8. The van der Waals surface area contributed by atoms with Gasteiger partial charge in [0, 0.05) is 18.6 Å². The Hall–Kier alpha value is -0.560. The summed E-state index contributed by atoms with van der Waals surface area (Å²) in [5.41, 5.74) is 29.8. The van der Waals surface area contributed by atoms with Gasteiger partial charge >= 0.3 is 0 Å². The summed E-state index contributed by atoms with van der Waals surface area (Å²) in [6, 6.07) is -3.27. The van der Waals surface area contributed by atoms with E-state index in [0.717, 1.165) is 0 Å². The second-order valence-corrected chi connectivity index (χ2v) is 8.78. The van der Waals surface area contributed by atoms with Crippen molar-refractivity contribution in [3.8, 4) is 0 Å². The third-order valence-electron chi connectivity index (χ3n) is 6.41. The number of aliphatic hydroxyl groups excluding tert-OH is 5. The Kier molecular flexibility index (Phi) is 8.79. The second-order valence-electron chi connectivity index (χ2n) is 8.78. The lowest BCUT2D eigenvalue weighted by molar-refractivity contribution is -0.314. The topological polar surface area (TPSA) is 268 Å². The molecule has 0 bridgehead atoms. The van der Waals surface area contributed by atoms with Crippen molar-refractivity contribution in [3.63, 3.8) is 0 Å². The number of aliphatic hydroxyl groups is 5. The summed E-state index contributed by atoms with van der Waals surface area (Å²) in [5.74, 6) is 0. The van der Waals surface area contributed by atoms with Crippen molar-refractivity contribution in [2.24, 2.45) is 28.7 Å². The van der Waals surface area contributed by atoms with Gasteiger partial charge in [0.15, 0.2) is 12.6 Å². The summed E-state index contributed by atoms with van der Waals surface area (Å²) in [5, 5.41) is 50.7. The van der Waals surface area contributed by atoms with Gasteiger partial charge < -0.3 is 73.1 Å². The largest absolute Gasteiger partial charge is 0.394 e. The first-order chi connectivity index (χ1) is 15.1. The van der Waals surface area contributed by atoms with Crippen LogP contribution in [0.25, 0.3) is 0 Å². The number of hydrogen-bond donors (Lipinski definition) is 10. The van der Waals surface area contributed by atoms with Crippen LogP contribution in [0.3, 0.4) is 0 Å². The smallest absolute Gasteiger partial charge is 0.186 e. The van der Waals surface area contributed by atoms with Gasteiger partial charge in [-0.3, -0.25) is 0 Å². The molecular weight excluding hydrogens is 430 g/mol. The molecule has 3 aliphatic rings. The average molecular weight is 468 g/mol. The van der Waals surface area contributed by atoms with E-state index >= 15 is 0 Å². The molecule has 15 N–H and O–H groups in total. The van der Waals surface area contributed by atoms with E-state index in [-0.39, 0.29) is 19.4 Å². The summed E-state index contributed by atoms with van der Waals surface area (Å²) in [6.45, 7) is -0.499. The van der Waals surface area contributed by atoms with Crippen LogP contribution in [-0.2, 0) is 18.9 Å². The predicted molar refractivity (Wildman–Crippen MR) is 108 cm³/mol. The lowest BCUT2D eigenvalue weighted by atomic mass is 9.84. The Morgan fingerprint density at radius 1 is 0.719 bits per heavy atom. The van der Waals surface area contributed by atoms with Crippen LogP contribution in [-0.4, -0.2) is 124 Å². The zero-order valence-electron chi connectivity index (χ0n) is 17.7. The molecule has 0 spiro atoms. The molecule has 14 nitrogen and oxygen atoms in total. The normalized spacial score (nSPS) is 52.7. The van der Waals surface area contributed by atoms with Crippen molar-refractivity contribution in [2.75, 3.05) is 13.2 Å². The fraction of sp³-hybridized carbons (Fsp3) is 1.00.